The fraction of sp³-hybridized carbons (Fsp3) is 0.312. The zero-order chi connectivity index (χ0) is 13.9. The number of quaternary nitrogens is 1. The summed E-state index contributed by atoms with van der Waals surface area (Å²) in [7, 11) is 2.17. The molecular weight excluding hydrogens is 250 g/mol. The van der Waals surface area contributed by atoms with Crippen LogP contribution in [0.3, 0.4) is 0 Å². The lowest BCUT2D eigenvalue weighted by atomic mass is 10.1. The molecule has 1 fully saturated rings. The number of carbonyl (C=O) groups is 1. The van der Waals surface area contributed by atoms with Crippen molar-refractivity contribution in [2.75, 3.05) is 38.5 Å². The molecule has 4 nitrogen and oxygen atoms in total. The van der Waals surface area contributed by atoms with Crippen molar-refractivity contribution in [2.45, 2.75) is 0 Å². The Labute approximate surface area is 119 Å². The van der Waals surface area contributed by atoms with Gasteiger partial charge in [-0.3, -0.25) is 0 Å². The van der Waals surface area contributed by atoms with Crippen LogP contribution >= 0.6 is 0 Å². The number of hydrogen-bond acceptors (Lipinski definition) is 1. The van der Waals surface area contributed by atoms with Crippen LogP contribution in [0.2, 0.25) is 0 Å². The van der Waals surface area contributed by atoms with Gasteiger partial charge in [-0.25, -0.2) is 4.79 Å². The van der Waals surface area contributed by atoms with E-state index >= 15 is 0 Å². The van der Waals surface area contributed by atoms with Gasteiger partial charge < -0.3 is 15.1 Å². The summed E-state index contributed by atoms with van der Waals surface area (Å²) in [6, 6.07) is 14.1. The number of anilines is 1. The maximum Gasteiger partial charge on any atom is 0.322 e. The maximum atomic E-state index is 12.3. The molecule has 1 aliphatic rings. The van der Waals surface area contributed by atoms with Crippen molar-refractivity contribution in [1.82, 2.24) is 4.90 Å². The normalized spacial score (nSPS) is 16.4. The van der Waals surface area contributed by atoms with Gasteiger partial charge in [-0.1, -0.05) is 36.4 Å². The SMILES string of the molecule is C[NH+]1CCN(C(=O)Nc2cccc3ccccc23)CC1. The fourth-order valence-electron chi connectivity index (χ4n) is 2.62. The number of carbonyl (C=O) groups excluding carboxylic acids is 1. The molecule has 0 aromatic heterocycles. The molecule has 3 rings (SSSR count). The van der Waals surface area contributed by atoms with E-state index < -0.39 is 0 Å². The lowest BCUT2D eigenvalue weighted by Gasteiger charge is -2.30. The van der Waals surface area contributed by atoms with E-state index in [9.17, 15) is 4.79 Å². The van der Waals surface area contributed by atoms with Gasteiger partial charge in [0, 0.05) is 5.39 Å². The van der Waals surface area contributed by atoms with Crippen molar-refractivity contribution >= 4 is 22.5 Å². The van der Waals surface area contributed by atoms with Crippen LogP contribution in [0.5, 0.6) is 0 Å². The van der Waals surface area contributed by atoms with Crippen molar-refractivity contribution < 1.29 is 9.69 Å². The van der Waals surface area contributed by atoms with Gasteiger partial charge in [-0.15, -0.1) is 0 Å². The highest BCUT2D eigenvalue weighted by Crippen LogP contribution is 2.23. The van der Waals surface area contributed by atoms with Crippen molar-refractivity contribution in [3.05, 3.63) is 42.5 Å². The van der Waals surface area contributed by atoms with Gasteiger partial charge in [0.05, 0.1) is 38.9 Å². The van der Waals surface area contributed by atoms with Gasteiger partial charge in [-0.05, 0) is 11.5 Å². The third-order valence-corrected chi connectivity index (χ3v) is 3.94. The number of likely N-dealkylation sites (N-methyl/N-ethyl adjacent to an activating group) is 1. The summed E-state index contributed by atoms with van der Waals surface area (Å²) in [5, 5.41) is 5.28. The monoisotopic (exact) mass is 270 g/mol. The summed E-state index contributed by atoms with van der Waals surface area (Å²) in [4.78, 5) is 15.7. The summed E-state index contributed by atoms with van der Waals surface area (Å²) < 4.78 is 0. The summed E-state index contributed by atoms with van der Waals surface area (Å²) in [6.45, 7) is 3.68. The molecule has 20 heavy (non-hydrogen) atoms. The van der Waals surface area contributed by atoms with Crippen LogP contribution in [-0.4, -0.2) is 44.2 Å². The van der Waals surface area contributed by atoms with Crippen molar-refractivity contribution in [2.24, 2.45) is 0 Å². The van der Waals surface area contributed by atoms with Crippen LogP contribution in [0.15, 0.2) is 42.5 Å². The minimum Gasteiger partial charge on any atom is -0.334 e. The molecular formula is C16H20N3O+. The highest BCUT2D eigenvalue weighted by molar-refractivity contribution is 6.01. The minimum absolute atomic E-state index is 0.00820. The number of nitrogens with zero attached hydrogens (tertiary/aromatic N) is 1. The van der Waals surface area contributed by atoms with Crippen LogP contribution in [0.25, 0.3) is 10.8 Å². The van der Waals surface area contributed by atoms with E-state index in [4.69, 9.17) is 0 Å². The van der Waals surface area contributed by atoms with E-state index in [1.165, 1.54) is 4.90 Å². The maximum absolute atomic E-state index is 12.3. The van der Waals surface area contributed by atoms with Gasteiger partial charge in [0.25, 0.3) is 0 Å². The third-order valence-electron chi connectivity index (χ3n) is 3.94. The van der Waals surface area contributed by atoms with Crippen molar-refractivity contribution in [1.29, 1.82) is 0 Å². The van der Waals surface area contributed by atoms with Gasteiger partial charge in [-0.2, -0.15) is 0 Å². The number of piperazine rings is 1. The molecule has 2 aromatic rings. The third kappa shape index (κ3) is 2.60. The predicted octanol–water partition coefficient (Wildman–Crippen LogP) is 1.20. The van der Waals surface area contributed by atoms with Gasteiger partial charge in [0.1, 0.15) is 0 Å². The molecule has 0 bridgehead atoms. The minimum atomic E-state index is 0.00820. The summed E-state index contributed by atoms with van der Waals surface area (Å²) in [5.74, 6) is 0. The Morgan fingerprint density at radius 1 is 1.10 bits per heavy atom. The second-order valence-electron chi connectivity index (χ2n) is 5.40. The van der Waals surface area contributed by atoms with E-state index in [0.29, 0.717) is 0 Å². The molecule has 104 valence electrons. The number of hydrogen-bond donors (Lipinski definition) is 2. The Bertz CT molecular complexity index is 613. The lowest BCUT2D eigenvalue weighted by molar-refractivity contribution is -0.883. The Kier molecular flexibility index (Phi) is 3.56. The fourth-order valence-corrected chi connectivity index (χ4v) is 2.62. The largest absolute Gasteiger partial charge is 0.334 e. The van der Waals surface area contributed by atoms with E-state index in [1.54, 1.807) is 0 Å². The molecule has 1 heterocycles. The first kappa shape index (κ1) is 12.9. The molecule has 4 heteroatoms. The lowest BCUT2D eigenvalue weighted by Crippen LogP contribution is -3.12. The first-order valence-electron chi connectivity index (χ1n) is 7.09. The predicted molar refractivity (Wildman–Crippen MR) is 81.2 cm³/mol. The summed E-state index contributed by atoms with van der Waals surface area (Å²) in [6.07, 6.45) is 0. The zero-order valence-electron chi connectivity index (χ0n) is 11.7. The van der Waals surface area contributed by atoms with E-state index in [1.807, 2.05) is 35.2 Å². The number of urea groups is 1. The Balaban J connectivity index is 1.77. The highest BCUT2D eigenvalue weighted by Gasteiger charge is 2.21. The second kappa shape index (κ2) is 5.51. The van der Waals surface area contributed by atoms with E-state index in [2.05, 4.69) is 24.5 Å². The molecule has 2 N–H and O–H groups in total. The van der Waals surface area contributed by atoms with Gasteiger partial charge in [0.15, 0.2) is 0 Å². The standard InChI is InChI=1S/C16H19N3O/c1-18-9-11-19(12-10-18)16(20)17-15-8-4-6-13-5-2-3-7-14(13)15/h2-8H,9-12H2,1H3,(H,17,20)/p+1. The first-order chi connectivity index (χ1) is 9.74. The van der Waals surface area contributed by atoms with Crippen molar-refractivity contribution in [3.63, 3.8) is 0 Å². The molecule has 0 atom stereocenters. The Morgan fingerprint density at radius 2 is 1.80 bits per heavy atom. The van der Waals surface area contributed by atoms with Crippen LogP contribution in [0.4, 0.5) is 10.5 Å². The van der Waals surface area contributed by atoms with Crippen molar-refractivity contribution in [3.8, 4) is 0 Å². The summed E-state index contributed by atoms with van der Waals surface area (Å²) >= 11 is 0. The van der Waals surface area contributed by atoms with Crippen LogP contribution in [0, 0.1) is 0 Å². The zero-order valence-corrected chi connectivity index (χ0v) is 11.7. The number of fused-ring (bicyclic) bond motifs is 1. The van der Waals surface area contributed by atoms with Crippen LogP contribution < -0.4 is 10.2 Å². The molecule has 2 amide bonds. The molecule has 2 aromatic carbocycles. The van der Waals surface area contributed by atoms with Crippen LogP contribution in [-0.2, 0) is 0 Å². The highest BCUT2D eigenvalue weighted by atomic mass is 16.2. The molecule has 1 saturated heterocycles. The Hall–Kier alpha value is -2.07. The quantitative estimate of drug-likeness (QED) is 0.803. The average molecular weight is 270 g/mol. The number of rotatable bonds is 1. The molecule has 0 saturated carbocycles. The van der Waals surface area contributed by atoms with E-state index in [-0.39, 0.29) is 6.03 Å². The molecule has 0 radical (unpaired) electrons. The number of benzene rings is 2. The first-order valence-corrected chi connectivity index (χ1v) is 7.09. The molecule has 0 spiro atoms. The topological polar surface area (TPSA) is 36.8 Å². The molecule has 1 aliphatic heterocycles. The summed E-state index contributed by atoms with van der Waals surface area (Å²) in [5.41, 5.74) is 0.888. The second-order valence-corrected chi connectivity index (χ2v) is 5.40. The number of nitrogens with one attached hydrogen (secondary N) is 2. The number of amides is 2. The smallest absolute Gasteiger partial charge is 0.322 e. The van der Waals surface area contributed by atoms with Crippen LogP contribution in [0.1, 0.15) is 0 Å². The average Bonchev–Trinajstić information content (AvgIpc) is 2.48. The molecule has 0 aliphatic carbocycles. The van der Waals surface area contributed by atoms with Gasteiger partial charge in [0.2, 0.25) is 0 Å². The molecule has 0 unspecified atom stereocenters. The Morgan fingerprint density at radius 3 is 2.60 bits per heavy atom. The van der Waals surface area contributed by atoms with E-state index in [0.717, 1.165) is 42.6 Å². The van der Waals surface area contributed by atoms with Gasteiger partial charge >= 0.3 is 6.03 Å².